The molecule has 2 nitrogen and oxygen atoms in total. The van der Waals surface area contributed by atoms with E-state index < -0.39 is 0 Å². The molecule has 0 heterocycles. The van der Waals surface area contributed by atoms with Gasteiger partial charge < -0.3 is 10.5 Å². The second-order valence-corrected chi connectivity index (χ2v) is 6.04. The van der Waals surface area contributed by atoms with Gasteiger partial charge in [0.15, 0.2) is 0 Å². The van der Waals surface area contributed by atoms with Crippen LogP contribution in [-0.2, 0) is 0 Å². The molecular weight excluding hydrogens is 353 g/mol. The van der Waals surface area contributed by atoms with Gasteiger partial charge in [-0.25, -0.2) is 0 Å². The zero-order chi connectivity index (χ0) is 16.8. The molecule has 1 atom stereocenters. The molecule has 0 saturated heterocycles. The summed E-state index contributed by atoms with van der Waals surface area (Å²) in [6.45, 7) is 0.563. The summed E-state index contributed by atoms with van der Waals surface area (Å²) in [5, 5.41) is 0.691. The van der Waals surface area contributed by atoms with Gasteiger partial charge in [-0.1, -0.05) is 72.3 Å². The van der Waals surface area contributed by atoms with Crippen LogP contribution in [0.5, 0.6) is 5.75 Å². The highest BCUT2D eigenvalue weighted by Crippen LogP contribution is 2.35. The molecule has 4 heteroatoms. The fourth-order valence-corrected chi connectivity index (χ4v) is 2.89. The molecule has 3 rings (SSSR count). The van der Waals surface area contributed by atoms with Crippen LogP contribution in [0, 0.1) is 0 Å². The summed E-state index contributed by atoms with van der Waals surface area (Å²) < 4.78 is 6.34. The van der Waals surface area contributed by atoms with Gasteiger partial charge in [0.2, 0.25) is 0 Å². The zero-order valence-corrected chi connectivity index (χ0v) is 15.3. The fourth-order valence-electron chi connectivity index (χ4n) is 2.71. The smallest absolute Gasteiger partial charge is 0.128 e. The van der Waals surface area contributed by atoms with Crippen LogP contribution in [0.2, 0.25) is 5.02 Å². The number of benzene rings is 3. The van der Waals surface area contributed by atoms with Gasteiger partial charge in [-0.05, 0) is 35.9 Å². The highest BCUT2D eigenvalue weighted by molar-refractivity contribution is 6.31. The number of hydrogen-bond acceptors (Lipinski definition) is 2. The first-order valence-electron chi connectivity index (χ1n) is 8.04. The maximum atomic E-state index is 6.34. The first-order valence-corrected chi connectivity index (χ1v) is 8.42. The average molecular weight is 374 g/mol. The highest BCUT2D eigenvalue weighted by Gasteiger charge is 2.15. The third-order valence-corrected chi connectivity index (χ3v) is 4.13. The minimum absolute atomic E-state index is 0. The van der Waals surface area contributed by atoms with Crippen LogP contribution < -0.4 is 10.5 Å². The van der Waals surface area contributed by atoms with Crippen molar-refractivity contribution in [3.05, 3.63) is 89.4 Å². The molecule has 0 aliphatic rings. The maximum Gasteiger partial charge on any atom is 0.128 e. The molecule has 3 aromatic rings. The Morgan fingerprint density at radius 3 is 2.16 bits per heavy atom. The normalized spacial score (nSPS) is 11.4. The lowest BCUT2D eigenvalue weighted by Crippen LogP contribution is -2.13. The van der Waals surface area contributed by atoms with Crippen molar-refractivity contribution in [3.8, 4) is 16.9 Å². The van der Waals surface area contributed by atoms with Crippen molar-refractivity contribution < 1.29 is 4.74 Å². The second kappa shape index (κ2) is 9.47. The third kappa shape index (κ3) is 4.99. The molecule has 0 bridgehead atoms. The van der Waals surface area contributed by atoms with Gasteiger partial charge in [-0.3, -0.25) is 0 Å². The first kappa shape index (κ1) is 19.3. The monoisotopic (exact) mass is 373 g/mol. The van der Waals surface area contributed by atoms with Crippen LogP contribution in [0.25, 0.3) is 11.1 Å². The van der Waals surface area contributed by atoms with Crippen molar-refractivity contribution in [2.75, 3.05) is 6.54 Å². The molecule has 0 amide bonds. The van der Waals surface area contributed by atoms with Crippen molar-refractivity contribution in [2.24, 2.45) is 5.73 Å². The largest absolute Gasteiger partial charge is 0.485 e. The second-order valence-electron chi connectivity index (χ2n) is 5.60. The Hall–Kier alpha value is -2.00. The fraction of sp³-hybridized carbons (Fsp3) is 0.143. The van der Waals surface area contributed by atoms with Gasteiger partial charge in [0.1, 0.15) is 11.9 Å². The molecule has 2 N–H and O–H groups in total. The van der Waals surface area contributed by atoms with Crippen molar-refractivity contribution >= 4 is 24.0 Å². The summed E-state index contributed by atoms with van der Waals surface area (Å²) in [6.07, 6.45) is 0.667. The van der Waals surface area contributed by atoms with Gasteiger partial charge in [-0.2, -0.15) is 0 Å². The average Bonchev–Trinajstić information content (AvgIpc) is 2.64. The Kier molecular flexibility index (Phi) is 7.32. The van der Waals surface area contributed by atoms with E-state index in [1.165, 1.54) is 0 Å². The zero-order valence-electron chi connectivity index (χ0n) is 13.8. The van der Waals surface area contributed by atoms with Crippen LogP contribution in [-0.4, -0.2) is 6.54 Å². The topological polar surface area (TPSA) is 35.2 Å². The van der Waals surface area contributed by atoms with E-state index in [1.54, 1.807) is 0 Å². The van der Waals surface area contributed by atoms with Crippen molar-refractivity contribution in [2.45, 2.75) is 12.5 Å². The van der Waals surface area contributed by atoms with Gasteiger partial charge in [0.25, 0.3) is 0 Å². The first-order chi connectivity index (χ1) is 11.8. The Bertz CT molecular complexity index is 778. The minimum Gasteiger partial charge on any atom is -0.485 e. The molecule has 0 spiro atoms. The summed E-state index contributed by atoms with van der Waals surface area (Å²) in [6, 6.07) is 26.0. The molecule has 0 aliphatic heterocycles. The predicted octanol–water partition coefficient (Wildman–Crippen LogP) is 5.90. The molecule has 0 aliphatic carbocycles. The van der Waals surface area contributed by atoms with Crippen LogP contribution in [0.15, 0.2) is 78.9 Å². The molecule has 1 unspecified atom stereocenters. The Morgan fingerprint density at radius 2 is 1.52 bits per heavy atom. The van der Waals surface area contributed by atoms with Crippen LogP contribution in [0.1, 0.15) is 18.1 Å². The lowest BCUT2D eigenvalue weighted by atomic mass is 10.0. The minimum atomic E-state index is -0.0835. The SMILES string of the molecule is Cl.NCCC(Oc1ccc(Cl)cc1-c1ccccc1)c1ccccc1. The highest BCUT2D eigenvalue weighted by atomic mass is 35.5. The number of halogens is 2. The molecule has 130 valence electrons. The van der Waals surface area contributed by atoms with Gasteiger partial charge >= 0.3 is 0 Å². The predicted molar refractivity (Wildman–Crippen MR) is 108 cm³/mol. The van der Waals surface area contributed by atoms with Gasteiger partial charge in [0.05, 0.1) is 0 Å². The van der Waals surface area contributed by atoms with Crippen LogP contribution >= 0.6 is 24.0 Å². The molecule has 0 radical (unpaired) electrons. The molecule has 0 saturated carbocycles. The number of nitrogens with two attached hydrogens (primary N) is 1. The Morgan fingerprint density at radius 1 is 0.880 bits per heavy atom. The third-order valence-electron chi connectivity index (χ3n) is 3.90. The number of ether oxygens (including phenoxy) is 1. The van der Waals surface area contributed by atoms with Crippen molar-refractivity contribution in [1.82, 2.24) is 0 Å². The number of hydrogen-bond donors (Lipinski definition) is 1. The molecule has 3 aromatic carbocycles. The van der Waals surface area contributed by atoms with Crippen LogP contribution in [0.3, 0.4) is 0 Å². The Balaban J connectivity index is 0.00000225. The van der Waals surface area contributed by atoms with E-state index in [4.69, 9.17) is 22.1 Å². The molecule has 25 heavy (non-hydrogen) atoms. The van der Waals surface area contributed by atoms with Crippen molar-refractivity contribution in [1.29, 1.82) is 0 Å². The van der Waals surface area contributed by atoms with E-state index >= 15 is 0 Å². The maximum absolute atomic E-state index is 6.34. The standard InChI is InChI=1S/C21H20ClNO.ClH/c22-18-11-12-21(19(15-18)16-7-3-1-4-8-16)24-20(13-14-23)17-9-5-2-6-10-17;/h1-12,15,20H,13-14,23H2;1H. The summed E-state index contributed by atoms with van der Waals surface area (Å²) in [5.74, 6) is 0.813. The summed E-state index contributed by atoms with van der Waals surface area (Å²) in [4.78, 5) is 0. The number of rotatable bonds is 6. The summed E-state index contributed by atoms with van der Waals surface area (Å²) in [7, 11) is 0. The quantitative estimate of drug-likeness (QED) is 0.583. The summed E-state index contributed by atoms with van der Waals surface area (Å²) >= 11 is 6.21. The van der Waals surface area contributed by atoms with Crippen LogP contribution in [0.4, 0.5) is 0 Å². The molecular formula is C21H21Cl2NO. The van der Waals surface area contributed by atoms with E-state index in [-0.39, 0.29) is 18.5 Å². The van der Waals surface area contributed by atoms with E-state index in [1.807, 2.05) is 54.6 Å². The van der Waals surface area contributed by atoms with E-state index in [9.17, 15) is 0 Å². The Labute approximate surface area is 160 Å². The summed E-state index contributed by atoms with van der Waals surface area (Å²) in [5.41, 5.74) is 8.98. The van der Waals surface area contributed by atoms with E-state index in [2.05, 4.69) is 24.3 Å². The molecule has 0 fully saturated rings. The van der Waals surface area contributed by atoms with Gasteiger partial charge in [0, 0.05) is 17.0 Å². The van der Waals surface area contributed by atoms with Crippen molar-refractivity contribution in [3.63, 3.8) is 0 Å². The van der Waals surface area contributed by atoms with E-state index in [0.717, 1.165) is 28.9 Å². The van der Waals surface area contributed by atoms with E-state index in [0.29, 0.717) is 11.6 Å². The van der Waals surface area contributed by atoms with Gasteiger partial charge in [-0.15, -0.1) is 12.4 Å². The lowest BCUT2D eigenvalue weighted by molar-refractivity contribution is 0.199. The lowest BCUT2D eigenvalue weighted by Gasteiger charge is -2.21. The molecule has 0 aromatic heterocycles.